The lowest BCUT2D eigenvalue weighted by Gasteiger charge is -2.08. The van der Waals surface area contributed by atoms with Gasteiger partial charge in [0, 0.05) is 0 Å². The number of phenolic OH excluding ortho intramolecular Hbond substituents is 1. The van der Waals surface area contributed by atoms with Crippen LogP contribution in [0.25, 0.3) is 0 Å². The van der Waals surface area contributed by atoms with Gasteiger partial charge in [0.2, 0.25) is 0 Å². The zero-order chi connectivity index (χ0) is 10.7. The Morgan fingerprint density at radius 2 is 2.21 bits per heavy atom. The summed E-state index contributed by atoms with van der Waals surface area (Å²) in [5, 5.41) is 18.1. The summed E-state index contributed by atoms with van der Waals surface area (Å²) in [5.74, 6) is -1.14. The van der Waals surface area contributed by atoms with Crippen LogP contribution in [-0.2, 0) is 11.2 Å². The van der Waals surface area contributed by atoms with Crippen LogP contribution in [-0.4, -0.2) is 16.2 Å². The van der Waals surface area contributed by atoms with Crippen molar-refractivity contribution >= 4 is 21.9 Å². The molecule has 0 aliphatic rings. The van der Waals surface area contributed by atoms with Crippen molar-refractivity contribution in [2.45, 2.75) is 13.3 Å². The van der Waals surface area contributed by atoms with E-state index < -0.39 is 11.9 Å². The van der Waals surface area contributed by atoms with Gasteiger partial charge in [-0.15, -0.1) is 0 Å². The largest absolute Gasteiger partial charge is 0.507 e. The van der Waals surface area contributed by atoms with Gasteiger partial charge in [0.05, 0.1) is 10.4 Å². The van der Waals surface area contributed by atoms with Crippen molar-refractivity contribution in [1.82, 2.24) is 0 Å². The van der Waals surface area contributed by atoms with Gasteiger partial charge < -0.3 is 10.2 Å². The maximum atomic E-state index is 10.6. The molecule has 1 unspecified atom stereocenters. The molecule has 0 aliphatic heterocycles. The predicted octanol–water partition coefficient (Wildman–Crippen LogP) is 2.42. The zero-order valence-electron chi connectivity index (χ0n) is 7.70. The van der Waals surface area contributed by atoms with E-state index in [4.69, 9.17) is 5.11 Å². The van der Waals surface area contributed by atoms with Gasteiger partial charge in [-0.3, -0.25) is 4.79 Å². The number of hydrogen-bond acceptors (Lipinski definition) is 2. The number of halogens is 1. The van der Waals surface area contributed by atoms with Crippen molar-refractivity contribution in [2.75, 3.05) is 0 Å². The summed E-state index contributed by atoms with van der Waals surface area (Å²) in [6.45, 7) is 1.64. The summed E-state index contributed by atoms with van der Waals surface area (Å²) < 4.78 is 0.577. The molecule has 1 aromatic rings. The lowest BCUT2D eigenvalue weighted by molar-refractivity contribution is -0.141. The fraction of sp³-hybridized carbons (Fsp3) is 0.300. The van der Waals surface area contributed by atoms with Crippen molar-refractivity contribution in [3.63, 3.8) is 0 Å². The fourth-order valence-corrected chi connectivity index (χ4v) is 1.57. The van der Waals surface area contributed by atoms with Crippen LogP contribution < -0.4 is 0 Å². The van der Waals surface area contributed by atoms with Crippen LogP contribution in [0.1, 0.15) is 12.5 Å². The first-order chi connectivity index (χ1) is 6.52. The second-order valence-corrected chi connectivity index (χ2v) is 3.99. The second-order valence-electron chi connectivity index (χ2n) is 3.19. The van der Waals surface area contributed by atoms with E-state index in [2.05, 4.69) is 15.9 Å². The number of hydrogen-bond donors (Lipinski definition) is 2. The highest BCUT2D eigenvalue weighted by Crippen LogP contribution is 2.28. The molecule has 76 valence electrons. The van der Waals surface area contributed by atoms with Gasteiger partial charge in [0.1, 0.15) is 5.75 Å². The normalized spacial score (nSPS) is 12.4. The predicted molar refractivity (Wildman–Crippen MR) is 56.3 cm³/mol. The minimum atomic E-state index is -0.833. The van der Waals surface area contributed by atoms with E-state index >= 15 is 0 Å². The quantitative estimate of drug-likeness (QED) is 0.876. The van der Waals surface area contributed by atoms with E-state index in [0.29, 0.717) is 10.9 Å². The molecule has 0 saturated heterocycles. The Labute approximate surface area is 90.5 Å². The Morgan fingerprint density at radius 3 is 2.79 bits per heavy atom. The van der Waals surface area contributed by atoms with Crippen LogP contribution in [0.5, 0.6) is 5.75 Å². The highest BCUT2D eigenvalue weighted by molar-refractivity contribution is 9.10. The molecule has 0 aliphatic carbocycles. The van der Waals surface area contributed by atoms with Gasteiger partial charge in [-0.25, -0.2) is 0 Å². The third kappa shape index (κ3) is 2.48. The van der Waals surface area contributed by atoms with Crippen LogP contribution in [0.2, 0.25) is 0 Å². The van der Waals surface area contributed by atoms with Gasteiger partial charge in [-0.1, -0.05) is 19.1 Å². The average molecular weight is 259 g/mol. The highest BCUT2D eigenvalue weighted by Gasteiger charge is 2.14. The number of carboxylic acid groups (broad SMARTS) is 1. The number of carbonyl (C=O) groups is 1. The number of aromatic hydroxyl groups is 1. The molecule has 4 heteroatoms. The van der Waals surface area contributed by atoms with Crippen LogP contribution in [0.4, 0.5) is 0 Å². The van der Waals surface area contributed by atoms with E-state index in [1.165, 1.54) is 0 Å². The van der Waals surface area contributed by atoms with Gasteiger partial charge in [-0.05, 0) is 34.0 Å². The first kappa shape index (κ1) is 11.0. The first-order valence-corrected chi connectivity index (χ1v) is 5.01. The van der Waals surface area contributed by atoms with Crippen molar-refractivity contribution in [2.24, 2.45) is 5.92 Å². The van der Waals surface area contributed by atoms with Crippen molar-refractivity contribution in [1.29, 1.82) is 0 Å². The summed E-state index contributed by atoms with van der Waals surface area (Å²) in [6, 6.07) is 5.05. The van der Waals surface area contributed by atoms with E-state index in [-0.39, 0.29) is 5.75 Å². The molecule has 0 saturated carbocycles. The molecular formula is C10H11BrO3. The van der Waals surface area contributed by atoms with Gasteiger partial charge >= 0.3 is 5.97 Å². The molecule has 1 aromatic carbocycles. The molecule has 0 amide bonds. The third-order valence-electron chi connectivity index (χ3n) is 2.01. The molecule has 0 spiro atoms. The molecule has 1 rings (SSSR count). The molecule has 2 N–H and O–H groups in total. The molecule has 3 nitrogen and oxygen atoms in total. The number of phenols is 1. The maximum Gasteiger partial charge on any atom is 0.306 e. The Morgan fingerprint density at radius 1 is 1.57 bits per heavy atom. The van der Waals surface area contributed by atoms with Gasteiger partial charge in [0.15, 0.2) is 0 Å². The van der Waals surface area contributed by atoms with Crippen molar-refractivity contribution < 1.29 is 15.0 Å². The van der Waals surface area contributed by atoms with Gasteiger partial charge in [0.25, 0.3) is 0 Å². The molecular weight excluding hydrogens is 248 g/mol. The average Bonchev–Trinajstić information content (AvgIpc) is 2.12. The standard InChI is InChI=1S/C10H11BrO3/c1-6(10(13)14)5-7-3-2-4-8(12)9(7)11/h2-4,6,12H,5H2,1H3,(H,13,14). The summed E-state index contributed by atoms with van der Waals surface area (Å²) in [6.07, 6.45) is 0.407. The fourth-order valence-electron chi connectivity index (χ4n) is 1.14. The Bertz CT molecular complexity index is 349. The maximum absolute atomic E-state index is 10.6. The highest BCUT2D eigenvalue weighted by atomic mass is 79.9. The van der Waals surface area contributed by atoms with Gasteiger partial charge in [-0.2, -0.15) is 0 Å². The Hall–Kier alpha value is -1.03. The van der Waals surface area contributed by atoms with E-state index in [9.17, 15) is 9.90 Å². The smallest absolute Gasteiger partial charge is 0.306 e. The lowest BCUT2D eigenvalue weighted by Crippen LogP contribution is -2.12. The molecule has 0 aromatic heterocycles. The minimum Gasteiger partial charge on any atom is -0.507 e. The van der Waals surface area contributed by atoms with E-state index in [1.807, 2.05) is 0 Å². The number of rotatable bonds is 3. The minimum absolute atomic E-state index is 0.139. The Kier molecular flexibility index (Phi) is 3.52. The van der Waals surface area contributed by atoms with E-state index in [1.54, 1.807) is 25.1 Å². The summed E-state index contributed by atoms with van der Waals surface area (Å²) in [7, 11) is 0. The first-order valence-electron chi connectivity index (χ1n) is 4.21. The monoisotopic (exact) mass is 258 g/mol. The third-order valence-corrected chi connectivity index (χ3v) is 2.92. The van der Waals surface area contributed by atoms with Crippen molar-refractivity contribution in [3.8, 4) is 5.75 Å². The molecule has 1 atom stereocenters. The lowest BCUT2D eigenvalue weighted by atomic mass is 10.0. The number of benzene rings is 1. The van der Waals surface area contributed by atoms with E-state index in [0.717, 1.165) is 5.56 Å². The molecule has 0 heterocycles. The summed E-state index contributed by atoms with van der Waals surface area (Å²) in [4.78, 5) is 10.6. The molecule has 14 heavy (non-hydrogen) atoms. The number of carboxylic acids is 1. The Balaban J connectivity index is 2.87. The van der Waals surface area contributed by atoms with Crippen LogP contribution in [0.15, 0.2) is 22.7 Å². The zero-order valence-corrected chi connectivity index (χ0v) is 9.28. The molecule has 0 radical (unpaired) electrons. The molecule has 0 fully saturated rings. The van der Waals surface area contributed by atoms with Crippen LogP contribution in [0.3, 0.4) is 0 Å². The number of aliphatic carboxylic acids is 1. The summed E-state index contributed by atoms with van der Waals surface area (Å²) in [5.41, 5.74) is 0.805. The summed E-state index contributed by atoms with van der Waals surface area (Å²) >= 11 is 3.21. The van der Waals surface area contributed by atoms with Crippen LogP contribution >= 0.6 is 15.9 Å². The van der Waals surface area contributed by atoms with Crippen LogP contribution in [0, 0.1) is 5.92 Å². The second kappa shape index (κ2) is 4.46. The van der Waals surface area contributed by atoms with Crippen molar-refractivity contribution in [3.05, 3.63) is 28.2 Å². The molecule has 0 bridgehead atoms. The SMILES string of the molecule is CC(Cc1cccc(O)c1Br)C(=O)O. The topological polar surface area (TPSA) is 57.5 Å².